The predicted octanol–water partition coefficient (Wildman–Crippen LogP) is 4.24. The molecule has 10 heteroatoms. The summed E-state index contributed by atoms with van der Waals surface area (Å²) >= 11 is 0. The van der Waals surface area contributed by atoms with Gasteiger partial charge in [0.15, 0.2) is 17.5 Å². The summed E-state index contributed by atoms with van der Waals surface area (Å²) in [7, 11) is 0. The van der Waals surface area contributed by atoms with E-state index in [-0.39, 0.29) is 23.2 Å². The number of hydrogen-bond donors (Lipinski definition) is 2. The minimum absolute atomic E-state index is 0.0701. The van der Waals surface area contributed by atoms with E-state index < -0.39 is 17.0 Å². The van der Waals surface area contributed by atoms with Crippen LogP contribution in [0, 0.1) is 17.0 Å². The molecule has 4 rings (SSSR count). The second kappa shape index (κ2) is 8.38. The highest BCUT2D eigenvalue weighted by atomic mass is 19.2. The molecule has 0 saturated carbocycles. The number of amides is 1. The van der Waals surface area contributed by atoms with Crippen LogP contribution in [0.4, 0.5) is 20.4 Å². The Morgan fingerprint density at radius 3 is 2.64 bits per heavy atom. The van der Waals surface area contributed by atoms with Gasteiger partial charge in [0, 0.05) is 28.9 Å². The SMILES string of the molecule is CC(C)(C)C(=O)Nc1ncccc1-c1cnc(N)c(-c2nncn2-c2cccc(F)c2F)c1. The number of nitrogens with zero attached hydrogens (tertiary/aromatic N) is 5. The molecule has 0 aliphatic rings. The van der Waals surface area contributed by atoms with Crippen molar-refractivity contribution < 1.29 is 13.6 Å². The standard InChI is InChI=1S/C23H21F2N7O/c1-23(2,3)22(33)30-20-14(6-5-9-27-20)13-10-15(19(26)28-11-13)21-31-29-12-32(21)17-8-4-7-16(24)18(17)25/h4-12H,1-3H3,(H2,26,28)(H,27,30,33). The Morgan fingerprint density at radius 2 is 1.88 bits per heavy atom. The molecule has 0 radical (unpaired) electrons. The third kappa shape index (κ3) is 4.27. The van der Waals surface area contributed by atoms with Crippen LogP contribution in [0.25, 0.3) is 28.2 Å². The molecule has 0 saturated heterocycles. The molecule has 0 unspecified atom stereocenters. The second-order valence-electron chi connectivity index (χ2n) is 8.36. The molecule has 0 aliphatic heterocycles. The molecule has 3 heterocycles. The number of anilines is 2. The maximum Gasteiger partial charge on any atom is 0.230 e. The van der Waals surface area contributed by atoms with Crippen LogP contribution in [0.1, 0.15) is 20.8 Å². The molecule has 3 N–H and O–H groups in total. The average Bonchev–Trinajstić information content (AvgIpc) is 3.25. The Bertz CT molecular complexity index is 1340. The zero-order valence-corrected chi connectivity index (χ0v) is 18.2. The van der Waals surface area contributed by atoms with Crippen molar-refractivity contribution in [3.05, 3.63) is 66.8 Å². The van der Waals surface area contributed by atoms with E-state index in [9.17, 15) is 13.6 Å². The molecule has 0 fully saturated rings. The van der Waals surface area contributed by atoms with E-state index in [0.29, 0.717) is 22.5 Å². The van der Waals surface area contributed by atoms with Crippen LogP contribution in [-0.2, 0) is 4.79 Å². The van der Waals surface area contributed by atoms with Crippen LogP contribution in [0.3, 0.4) is 0 Å². The number of hydrogen-bond acceptors (Lipinski definition) is 6. The zero-order valence-electron chi connectivity index (χ0n) is 18.2. The molecule has 3 aromatic heterocycles. The van der Waals surface area contributed by atoms with Crippen molar-refractivity contribution in [1.82, 2.24) is 24.7 Å². The van der Waals surface area contributed by atoms with Gasteiger partial charge < -0.3 is 11.1 Å². The van der Waals surface area contributed by atoms with Gasteiger partial charge in [0.1, 0.15) is 18.0 Å². The molecular weight excluding hydrogens is 428 g/mol. The molecule has 1 amide bonds. The van der Waals surface area contributed by atoms with Gasteiger partial charge in [0.2, 0.25) is 5.91 Å². The molecule has 4 aromatic rings. The van der Waals surface area contributed by atoms with Crippen molar-refractivity contribution in [3.63, 3.8) is 0 Å². The van der Waals surface area contributed by atoms with Crippen LogP contribution < -0.4 is 11.1 Å². The van der Waals surface area contributed by atoms with Gasteiger partial charge in [-0.1, -0.05) is 26.8 Å². The molecule has 0 aliphatic carbocycles. The lowest BCUT2D eigenvalue weighted by Crippen LogP contribution is -2.28. The molecule has 8 nitrogen and oxygen atoms in total. The van der Waals surface area contributed by atoms with Crippen LogP contribution in [0.5, 0.6) is 0 Å². The van der Waals surface area contributed by atoms with Crippen molar-refractivity contribution in [2.75, 3.05) is 11.1 Å². The molecule has 168 valence electrons. The first-order chi connectivity index (χ1) is 15.7. The minimum atomic E-state index is -1.04. The quantitative estimate of drug-likeness (QED) is 0.482. The van der Waals surface area contributed by atoms with Gasteiger partial charge in [0.25, 0.3) is 0 Å². The van der Waals surface area contributed by atoms with Crippen molar-refractivity contribution in [3.8, 4) is 28.2 Å². The Hall–Kier alpha value is -4.21. The summed E-state index contributed by atoms with van der Waals surface area (Å²) in [6.07, 6.45) is 4.36. The third-order valence-corrected chi connectivity index (χ3v) is 4.93. The first kappa shape index (κ1) is 22.0. The number of aromatic nitrogens is 5. The van der Waals surface area contributed by atoms with Crippen LogP contribution in [0.15, 0.2) is 55.1 Å². The van der Waals surface area contributed by atoms with Crippen LogP contribution in [0.2, 0.25) is 0 Å². The lowest BCUT2D eigenvalue weighted by Gasteiger charge is -2.19. The molecule has 0 spiro atoms. The number of carbonyl (C=O) groups excluding carboxylic acids is 1. The topological polar surface area (TPSA) is 112 Å². The summed E-state index contributed by atoms with van der Waals surface area (Å²) in [6, 6.07) is 9.00. The average molecular weight is 449 g/mol. The number of benzene rings is 1. The van der Waals surface area contributed by atoms with Crippen molar-refractivity contribution in [1.29, 1.82) is 0 Å². The zero-order chi connectivity index (χ0) is 23.8. The first-order valence-corrected chi connectivity index (χ1v) is 10.0. The summed E-state index contributed by atoms with van der Waals surface area (Å²) in [6.45, 7) is 5.39. The Kier molecular flexibility index (Phi) is 5.59. The number of nitrogens with one attached hydrogen (secondary N) is 1. The van der Waals surface area contributed by atoms with Gasteiger partial charge in [-0.2, -0.15) is 0 Å². The Labute approximate surface area is 188 Å². The Balaban J connectivity index is 1.81. The van der Waals surface area contributed by atoms with Gasteiger partial charge in [-0.3, -0.25) is 9.36 Å². The fourth-order valence-corrected chi connectivity index (χ4v) is 3.11. The van der Waals surface area contributed by atoms with Crippen molar-refractivity contribution in [2.24, 2.45) is 5.41 Å². The van der Waals surface area contributed by atoms with Gasteiger partial charge in [0.05, 0.1) is 11.3 Å². The summed E-state index contributed by atoms with van der Waals surface area (Å²) in [5.74, 6) is -1.59. The summed E-state index contributed by atoms with van der Waals surface area (Å²) in [4.78, 5) is 21.0. The first-order valence-electron chi connectivity index (χ1n) is 10.0. The maximum absolute atomic E-state index is 14.4. The highest BCUT2D eigenvalue weighted by molar-refractivity contribution is 5.97. The summed E-state index contributed by atoms with van der Waals surface area (Å²) in [5, 5.41) is 10.7. The van der Waals surface area contributed by atoms with Crippen LogP contribution in [-0.4, -0.2) is 30.6 Å². The van der Waals surface area contributed by atoms with E-state index in [4.69, 9.17) is 5.73 Å². The fourth-order valence-electron chi connectivity index (χ4n) is 3.11. The Morgan fingerprint density at radius 1 is 1.09 bits per heavy atom. The molecule has 0 bridgehead atoms. The van der Waals surface area contributed by atoms with Gasteiger partial charge in [-0.05, 0) is 30.3 Å². The molecule has 0 atom stereocenters. The lowest BCUT2D eigenvalue weighted by molar-refractivity contribution is -0.123. The summed E-state index contributed by atoms with van der Waals surface area (Å²) in [5.41, 5.74) is 6.96. The van der Waals surface area contributed by atoms with Gasteiger partial charge in [-0.25, -0.2) is 18.7 Å². The largest absolute Gasteiger partial charge is 0.383 e. The molecular formula is C23H21F2N7O. The smallest absolute Gasteiger partial charge is 0.230 e. The summed E-state index contributed by atoms with van der Waals surface area (Å²) < 4.78 is 29.5. The van der Waals surface area contributed by atoms with E-state index in [1.54, 1.807) is 45.2 Å². The van der Waals surface area contributed by atoms with E-state index in [1.807, 2.05) is 0 Å². The number of nitrogens with two attached hydrogens (primary N) is 1. The number of nitrogen functional groups attached to an aromatic ring is 1. The van der Waals surface area contributed by atoms with Crippen molar-refractivity contribution in [2.45, 2.75) is 20.8 Å². The second-order valence-corrected chi connectivity index (χ2v) is 8.36. The van der Waals surface area contributed by atoms with E-state index in [2.05, 4.69) is 25.5 Å². The number of rotatable bonds is 4. The monoisotopic (exact) mass is 449 g/mol. The number of halogens is 2. The van der Waals surface area contributed by atoms with E-state index >= 15 is 0 Å². The minimum Gasteiger partial charge on any atom is -0.383 e. The number of carbonyl (C=O) groups is 1. The van der Waals surface area contributed by atoms with Gasteiger partial charge >= 0.3 is 0 Å². The molecule has 33 heavy (non-hydrogen) atoms. The third-order valence-electron chi connectivity index (χ3n) is 4.93. The van der Waals surface area contributed by atoms with Gasteiger partial charge in [-0.15, -0.1) is 10.2 Å². The maximum atomic E-state index is 14.4. The lowest BCUT2D eigenvalue weighted by atomic mass is 9.95. The highest BCUT2D eigenvalue weighted by Gasteiger charge is 2.23. The van der Waals surface area contributed by atoms with E-state index in [0.717, 1.165) is 6.07 Å². The highest BCUT2D eigenvalue weighted by Crippen LogP contribution is 2.33. The molecule has 1 aromatic carbocycles. The number of pyridine rings is 2. The van der Waals surface area contributed by atoms with E-state index in [1.165, 1.54) is 29.2 Å². The van der Waals surface area contributed by atoms with Crippen LogP contribution >= 0.6 is 0 Å². The fraction of sp³-hybridized carbons (Fsp3) is 0.174. The predicted molar refractivity (Wildman–Crippen MR) is 120 cm³/mol. The van der Waals surface area contributed by atoms with Crippen molar-refractivity contribution >= 4 is 17.5 Å². The normalized spacial score (nSPS) is 11.4.